The second kappa shape index (κ2) is 7.31. The lowest BCUT2D eigenvalue weighted by atomic mass is 10.1. The molecule has 6 heteroatoms. The zero-order valence-corrected chi connectivity index (χ0v) is 15.6. The number of carbonyl (C=O) groups excluding carboxylic acids is 1. The van der Waals surface area contributed by atoms with Crippen molar-refractivity contribution >= 4 is 16.9 Å². The van der Waals surface area contributed by atoms with Gasteiger partial charge in [-0.1, -0.05) is 12.1 Å². The van der Waals surface area contributed by atoms with Gasteiger partial charge in [0.25, 0.3) is 5.91 Å². The van der Waals surface area contributed by atoms with Gasteiger partial charge in [0, 0.05) is 12.1 Å². The minimum atomic E-state index is -0.0394. The maximum absolute atomic E-state index is 13.2. The minimum absolute atomic E-state index is 0.0145. The van der Waals surface area contributed by atoms with Crippen molar-refractivity contribution in [3.8, 4) is 11.5 Å². The number of amides is 1. The summed E-state index contributed by atoms with van der Waals surface area (Å²) in [6, 6.07) is 13.2. The minimum Gasteiger partial charge on any atom is -0.493 e. The standard InChI is InChI=1S/C21H23N3O3/c1-3-27-18-11-10-14(13-19(18)26-2)21(25)24-12-6-9-17(24)20-22-15-7-4-5-8-16(15)23-20/h4-5,7-8,10-11,13,17H,3,6,9,12H2,1-2H3,(H,22,23)/t17-/m0/s1. The quantitative estimate of drug-likeness (QED) is 0.743. The maximum atomic E-state index is 13.2. The number of fused-ring (bicyclic) bond motifs is 1. The van der Waals surface area contributed by atoms with E-state index in [1.54, 1.807) is 25.3 Å². The van der Waals surface area contributed by atoms with Crippen molar-refractivity contribution < 1.29 is 14.3 Å². The summed E-state index contributed by atoms with van der Waals surface area (Å²) in [4.78, 5) is 23.1. The summed E-state index contributed by atoms with van der Waals surface area (Å²) in [5, 5.41) is 0. The van der Waals surface area contributed by atoms with Gasteiger partial charge in [-0.3, -0.25) is 4.79 Å². The highest BCUT2D eigenvalue weighted by molar-refractivity contribution is 5.95. The van der Waals surface area contributed by atoms with Gasteiger partial charge in [-0.15, -0.1) is 0 Å². The Bertz CT molecular complexity index is 933. The molecule has 0 bridgehead atoms. The fourth-order valence-corrected chi connectivity index (χ4v) is 3.67. The number of carbonyl (C=O) groups is 1. The van der Waals surface area contributed by atoms with Crippen LogP contribution in [0.5, 0.6) is 11.5 Å². The van der Waals surface area contributed by atoms with E-state index in [2.05, 4.69) is 4.98 Å². The fraction of sp³-hybridized carbons (Fsp3) is 0.333. The van der Waals surface area contributed by atoms with Crippen LogP contribution in [-0.2, 0) is 0 Å². The molecule has 0 saturated carbocycles. The van der Waals surface area contributed by atoms with E-state index < -0.39 is 0 Å². The summed E-state index contributed by atoms with van der Waals surface area (Å²) in [5.41, 5.74) is 2.52. The van der Waals surface area contributed by atoms with Crippen molar-refractivity contribution in [1.29, 1.82) is 0 Å². The zero-order chi connectivity index (χ0) is 18.8. The van der Waals surface area contributed by atoms with Gasteiger partial charge in [-0.25, -0.2) is 4.98 Å². The molecule has 0 spiro atoms. The second-order valence-corrected chi connectivity index (χ2v) is 6.59. The van der Waals surface area contributed by atoms with Crippen LogP contribution >= 0.6 is 0 Å². The molecule has 27 heavy (non-hydrogen) atoms. The second-order valence-electron chi connectivity index (χ2n) is 6.59. The SMILES string of the molecule is CCOc1ccc(C(=O)N2CCC[C@H]2c2nc3ccccc3[nH]2)cc1OC. The highest BCUT2D eigenvalue weighted by Crippen LogP contribution is 2.34. The number of para-hydroxylation sites is 2. The Hall–Kier alpha value is -3.02. The molecule has 0 aliphatic carbocycles. The van der Waals surface area contributed by atoms with Gasteiger partial charge in [-0.2, -0.15) is 0 Å². The number of nitrogens with one attached hydrogen (secondary N) is 1. The topological polar surface area (TPSA) is 67.5 Å². The van der Waals surface area contributed by atoms with E-state index >= 15 is 0 Å². The highest BCUT2D eigenvalue weighted by Gasteiger charge is 2.33. The van der Waals surface area contributed by atoms with E-state index in [0.717, 1.165) is 36.2 Å². The molecule has 1 aromatic heterocycles. The van der Waals surface area contributed by atoms with Crippen molar-refractivity contribution in [2.24, 2.45) is 0 Å². The van der Waals surface area contributed by atoms with Crippen LogP contribution in [0.15, 0.2) is 42.5 Å². The molecular formula is C21H23N3O3. The van der Waals surface area contributed by atoms with Gasteiger partial charge in [-0.05, 0) is 50.1 Å². The van der Waals surface area contributed by atoms with Crippen LogP contribution in [0.25, 0.3) is 11.0 Å². The molecule has 2 heterocycles. The number of imidazole rings is 1. The molecule has 2 aromatic carbocycles. The van der Waals surface area contributed by atoms with Crippen LogP contribution in [0.1, 0.15) is 42.0 Å². The molecule has 3 aromatic rings. The lowest BCUT2D eigenvalue weighted by molar-refractivity contribution is 0.0730. The van der Waals surface area contributed by atoms with Gasteiger partial charge in [0.15, 0.2) is 11.5 Å². The van der Waals surface area contributed by atoms with E-state index in [1.807, 2.05) is 36.1 Å². The Morgan fingerprint density at radius 2 is 2.11 bits per heavy atom. The molecule has 140 valence electrons. The van der Waals surface area contributed by atoms with Gasteiger partial charge in [0.05, 0.1) is 30.8 Å². The third-order valence-corrected chi connectivity index (χ3v) is 4.95. The molecule has 0 unspecified atom stereocenters. The molecule has 6 nitrogen and oxygen atoms in total. The summed E-state index contributed by atoms with van der Waals surface area (Å²) >= 11 is 0. The van der Waals surface area contributed by atoms with Crippen molar-refractivity contribution in [1.82, 2.24) is 14.9 Å². The maximum Gasteiger partial charge on any atom is 0.254 e. The zero-order valence-electron chi connectivity index (χ0n) is 15.6. The van der Waals surface area contributed by atoms with E-state index in [-0.39, 0.29) is 11.9 Å². The molecule has 1 N–H and O–H groups in total. The Labute approximate surface area is 158 Å². The molecule has 1 fully saturated rings. The molecule has 1 atom stereocenters. The Morgan fingerprint density at radius 3 is 2.89 bits per heavy atom. The number of ether oxygens (including phenoxy) is 2. The lowest BCUT2D eigenvalue weighted by Crippen LogP contribution is -2.31. The smallest absolute Gasteiger partial charge is 0.254 e. The normalized spacial score (nSPS) is 16.7. The third kappa shape index (κ3) is 3.23. The third-order valence-electron chi connectivity index (χ3n) is 4.95. The van der Waals surface area contributed by atoms with Crippen LogP contribution in [0.4, 0.5) is 0 Å². The monoisotopic (exact) mass is 365 g/mol. The Balaban J connectivity index is 1.62. The number of aromatic nitrogens is 2. The Kier molecular flexibility index (Phi) is 4.71. The van der Waals surface area contributed by atoms with Crippen molar-refractivity contribution in [2.45, 2.75) is 25.8 Å². The van der Waals surface area contributed by atoms with Crippen LogP contribution in [0, 0.1) is 0 Å². The number of methoxy groups -OCH3 is 1. The number of nitrogens with zero attached hydrogens (tertiary/aromatic N) is 2. The average molecular weight is 365 g/mol. The number of H-pyrrole nitrogens is 1. The number of hydrogen-bond acceptors (Lipinski definition) is 4. The first kappa shape index (κ1) is 17.4. The molecule has 0 radical (unpaired) electrons. The molecule has 1 amide bonds. The predicted molar refractivity (Wildman–Crippen MR) is 103 cm³/mol. The fourth-order valence-electron chi connectivity index (χ4n) is 3.67. The number of aromatic amines is 1. The summed E-state index contributed by atoms with van der Waals surface area (Å²) < 4.78 is 10.9. The number of benzene rings is 2. The van der Waals surface area contributed by atoms with Gasteiger partial charge in [0.1, 0.15) is 5.82 Å². The van der Waals surface area contributed by atoms with Gasteiger partial charge < -0.3 is 19.4 Å². The van der Waals surface area contributed by atoms with Crippen molar-refractivity contribution in [3.63, 3.8) is 0 Å². The molecule has 1 aliphatic rings. The van der Waals surface area contributed by atoms with Crippen LogP contribution in [0.2, 0.25) is 0 Å². The summed E-state index contributed by atoms with van der Waals surface area (Å²) in [6.07, 6.45) is 1.86. The molecule has 4 rings (SSSR count). The van der Waals surface area contributed by atoms with E-state index in [9.17, 15) is 4.79 Å². The first-order valence-corrected chi connectivity index (χ1v) is 9.27. The summed E-state index contributed by atoms with van der Waals surface area (Å²) in [7, 11) is 1.58. The van der Waals surface area contributed by atoms with E-state index in [0.29, 0.717) is 23.7 Å². The van der Waals surface area contributed by atoms with E-state index in [4.69, 9.17) is 14.5 Å². The number of rotatable bonds is 5. The van der Waals surface area contributed by atoms with Crippen molar-refractivity contribution in [2.75, 3.05) is 20.3 Å². The number of hydrogen-bond donors (Lipinski definition) is 1. The highest BCUT2D eigenvalue weighted by atomic mass is 16.5. The largest absolute Gasteiger partial charge is 0.493 e. The summed E-state index contributed by atoms with van der Waals surface area (Å²) in [5.74, 6) is 2.05. The molecular weight excluding hydrogens is 342 g/mol. The number of likely N-dealkylation sites (tertiary alicyclic amines) is 1. The molecule has 1 saturated heterocycles. The summed E-state index contributed by atoms with van der Waals surface area (Å²) in [6.45, 7) is 3.18. The lowest BCUT2D eigenvalue weighted by Gasteiger charge is -2.23. The van der Waals surface area contributed by atoms with Crippen LogP contribution in [0.3, 0.4) is 0 Å². The molecule has 1 aliphatic heterocycles. The van der Waals surface area contributed by atoms with Crippen LogP contribution in [-0.4, -0.2) is 41.0 Å². The van der Waals surface area contributed by atoms with Crippen molar-refractivity contribution in [3.05, 3.63) is 53.9 Å². The van der Waals surface area contributed by atoms with Crippen LogP contribution < -0.4 is 9.47 Å². The Morgan fingerprint density at radius 1 is 1.26 bits per heavy atom. The average Bonchev–Trinajstić information content (AvgIpc) is 3.34. The van der Waals surface area contributed by atoms with E-state index in [1.165, 1.54) is 0 Å². The van der Waals surface area contributed by atoms with Gasteiger partial charge in [0.2, 0.25) is 0 Å². The first-order valence-electron chi connectivity index (χ1n) is 9.27. The first-order chi connectivity index (χ1) is 13.2. The van der Waals surface area contributed by atoms with Gasteiger partial charge >= 0.3 is 0 Å². The predicted octanol–water partition coefficient (Wildman–Crippen LogP) is 3.95.